The van der Waals surface area contributed by atoms with Gasteiger partial charge in [0.2, 0.25) is 0 Å². The highest BCUT2D eigenvalue weighted by atomic mass is 16.5. The molecule has 0 aromatic rings. The van der Waals surface area contributed by atoms with Gasteiger partial charge >= 0.3 is 12.0 Å². The number of urea groups is 1. The zero-order valence-corrected chi connectivity index (χ0v) is 8.29. The Labute approximate surface area is 83.0 Å². The quantitative estimate of drug-likeness (QED) is 0.646. The fourth-order valence-corrected chi connectivity index (χ4v) is 1.85. The van der Waals surface area contributed by atoms with Crippen LogP contribution in [0.2, 0.25) is 0 Å². The van der Waals surface area contributed by atoms with E-state index in [1.807, 2.05) is 0 Å². The molecule has 1 rings (SSSR count). The summed E-state index contributed by atoms with van der Waals surface area (Å²) in [6.07, 6.45) is 2.49. The maximum atomic E-state index is 11.4. The number of nitrogens with one attached hydrogen (secondary N) is 1. The van der Waals surface area contributed by atoms with Crippen molar-refractivity contribution in [3.8, 4) is 0 Å². The summed E-state index contributed by atoms with van der Waals surface area (Å²) in [6.45, 7) is 2.14. The zero-order chi connectivity index (χ0) is 10.6. The molecule has 1 aliphatic carbocycles. The topological polar surface area (TPSA) is 81.4 Å². The molecule has 0 spiro atoms. The van der Waals surface area contributed by atoms with Gasteiger partial charge in [-0.05, 0) is 19.8 Å². The molecule has 0 bridgehead atoms. The highest BCUT2D eigenvalue weighted by Gasteiger charge is 2.34. The van der Waals surface area contributed by atoms with Crippen molar-refractivity contribution in [3.05, 3.63) is 0 Å². The van der Waals surface area contributed by atoms with E-state index in [9.17, 15) is 9.59 Å². The summed E-state index contributed by atoms with van der Waals surface area (Å²) in [5.74, 6) is -0.453. The van der Waals surface area contributed by atoms with E-state index in [0.717, 1.165) is 19.3 Å². The maximum Gasteiger partial charge on any atom is 0.312 e. The van der Waals surface area contributed by atoms with Gasteiger partial charge in [-0.1, -0.05) is 6.42 Å². The van der Waals surface area contributed by atoms with Crippen LogP contribution in [0.4, 0.5) is 4.79 Å². The first-order valence-corrected chi connectivity index (χ1v) is 4.87. The fourth-order valence-electron chi connectivity index (χ4n) is 1.85. The van der Waals surface area contributed by atoms with Gasteiger partial charge in [-0.15, -0.1) is 0 Å². The first kappa shape index (κ1) is 10.8. The number of carbonyl (C=O) groups is 2. The Kier molecular flexibility index (Phi) is 3.73. The third-order valence-electron chi connectivity index (χ3n) is 2.43. The number of primary amides is 1. The van der Waals surface area contributed by atoms with E-state index in [2.05, 4.69) is 5.32 Å². The van der Waals surface area contributed by atoms with E-state index >= 15 is 0 Å². The van der Waals surface area contributed by atoms with Crippen LogP contribution < -0.4 is 11.1 Å². The Balaban J connectivity index is 2.50. The first-order valence-electron chi connectivity index (χ1n) is 4.87. The molecule has 1 saturated carbocycles. The molecular formula is C9H16N2O3. The minimum absolute atomic E-state index is 0.147. The number of carbonyl (C=O) groups excluding carboxylic acids is 2. The minimum Gasteiger partial charge on any atom is -0.466 e. The molecule has 0 radical (unpaired) electrons. The van der Waals surface area contributed by atoms with Crippen molar-refractivity contribution in [2.24, 2.45) is 11.7 Å². The van der Waals surface area contributed by atoms with Crippen molar-refractivity contribution in [1.29, 1.82) is 0 Å². The summed E-state index contributed by atoms with van der Waals surface area (Å²) >= 11 is 0. The van der Waals surface area contributed by atoms with Gasteiger partial charge in [0, 0.05) is 6.04 Å². The van der Waals surface area contributed by atoms with Crippen LogP contribution in [0.15, 0.2) is 0 Å². The summed E-state index contributed by atoms with van der Waals surface area (Å²) in [6, 6.07) is -0.724. The number of hydrogen-bond acceptors (Lipinski definition) is 3. The summed E-state index contributed by atoms with van der Waals surface area (Å²) in [5, 5.41) is 2.57. The molecule has 2 unspecified atom stereocenters. The van der Waals surface area contributed by atoms with E-state index < -0.39 is 6.03 Å². The molecule has 1 aliphatic rings. The molecule has 0 saturated heterocycles. The largest absolute Gasteiger partial charge is 0.466 e. The second-order valence-corrected chi connectivity index (χ2v) is 3.40. The van der Waals surface area contributed by atoms with Gasteiger partial charge in [0.1, 0.15) is 0 Å². The van der Waals surface area contributed by atoms with Gasteiger partial charge in [-0.25, -0.2) is 4.79 Å². The van der Waals surface area contributed by atoms with Gasteiger partial charge in [0.15, 0.2) is 0 Å². The molecule has 5 nitrogen and oxygen atoms in total. The maximum absolute atomic E-state index is 11.4. The molecule has 14 heavy (non-hydrogen) atoms. The van der Waals surface area contributed by atoms with Crippen LogP contribution in [0.1, 0.15) is 26.2 Å². The Bertz CT molecular complexity index is 230. The number of hydrogen-bond donors (Lipinski definition) is 2. The van der Waals surface area contributed by atoms with Crippen LogP contribution in [0.3, 0.4) is 0 Å². The van der Waals surface area contributed by atoms with Crippen molar-refractivity contribution in [2.75, 3.05) is 6.61 Å². The third kappa shape index (κ3) is 2.61. The SMILES string of the molecule is CCOC(=O)C1CCCC1NC(N)=O. The number of esters is 1. The second kappa shape index (κ2) is 4.83. The molecule has 0 aliphatic heterocycles. The van der Waals surface area contributed by atoms with Gasteiger partial charge < -0.3 is 15.8 Å². The lowest BCUT2D eigenvalue weighted by molar-refractivity contribution is -0.148. The number of ether oxygens (including phenoxy) is 1. The van der Waals surface area contributed by atoms with Crippen LogP contribution >= 0.6 is 0 Å². The first-order chi connectivity index (χ1) is 6.65. The van der Waals surface area contributed by atoms with Crippen molar-refractivity contribution in [3.63, 3.8) is 0 Å². The van der Waals surface area contributed by atoms with E-state index in [1.54, 1.807) is 6.92 Å². The summed E-state index contributed by atoms with van der Waals surface area (Å²) in [7, 11) is 0. The summed E-state index contributed by atoms with van der Waals surface area (Å²) in [4.78, 5) is 22.1. The lowest BCUT2D eigenvalue weighted by Crippen LogP contribution is -2.43. The molecule has 3 N–H and O–H groups in total. The number of nitrogens with two attached hydrogens (primary N) is 1. The Hall–Kier alpha value is -1.26. The van der Waals surface area contributed by atoms with Crippen LogP contribution in [-0.4, -0.2) is 24.6 Å². The number of amides is 2. The highest BCUT2D eigenvalue weighted by Crippen LogP contribution is 2.26. The normalized spacial score (nSPS) is 25.8. The van der Waals surface area contributed by atoms with Gasteiger partial charge in [0.05, 0.1) is 12.5 Å². The monoisotopic (exact) mass is 200 g/mol. The average Bonchev–Trinajstić information content (AvgIpc) is 2.51. The number of rotatable bonds is 3. The predicted octanol–water partition coefficient (Wildman–Crippen LogP) is 0.387. The molecule has 5 heteroatoms. The Morgan fingerprint density at radius 1 is 1.50 bits per heavy atom. The molecule has 0 heterocycles. The molecular weight excluding hydrogens is 184 g/mol. The molecule has 0 aromatic carbocycles. The molecule has 1 fully saturated rings. The van der Waals surface area contributed by atoms with Gasteiger partial charge in [0.25, 0.3) is 0 Å². The molecule has 2 amide bonds. The van der Waals surface area contributed by atoms with Gasteiger partial charge in [-0.3, -0.25) is 4.79 Å². The Morgan fingerprint density at radius 2 is 2.21 bits per heavy atom. The third-order valence-corrected chi connectivity index (χ3v) is 2.43. The summed E-state index contributed by atoms with van der Waals surface area (Å²) < 4.78 is 4.91. The van der Waals surface area contributed by atoms with Gasteiger partial charge in [-0.2, -0.15) is 0 Å². The van der Waals surface area contributed by atoms with Crippen molar-refractivity contribution in [1.82, 2.24) is 5.32 Å². The smallest absolute Gasteiger partial charge is 0.312 e. The highest BCUT2D eigenvalue weighted by molar-refractivity contribution is 5.76. The second-order valence-electron chi connectivity index (χ2n) is 3.40. The zero-order valence-electron chi connectivity index (χ0n) is 8.29. The lowest BCUT2D eigenvalue weighted by Gasteiger charge is -2.18. The fraction of sp³-hybridized carbons (Fsp3) is 0.778. The van der Waals surface area contributed by atoms with E-state index in [4.69, 9.17) is 10.5 Å². The average molecular weight is 200 g/mol. The molecule has 80 valence electrons. The summed E-state index contributed by atoms with van der Waals surface area (Å²) in [5.41, 5.74) is 5.01. The lowest BCUT2D eigenvalue weighted by atomic mass is 10.0. The van der Waals surface area contributed by atoms with Crippen LogP contribution in [0.25, 0.3) is 0 Å². The van der Waals surface area contributed by atoms with Crippen LogP contribution in [0.5, 0.6) is 0 Å². The van der Waals surface area contributed by atoms with Crippen molar-refractivity contribution >= 4 is 12.0 Å². The van der Waals surface area contributed by atoms with Crippen LogP contribution in [0, 0.1) is 5.92 Å². The minimum atomic E-state index is -0.578. The van der Waals surface area contributed by atoms with E-state index in [0.29, 0.717) is 6.61 Å². The Morgan fingerprint density at radius 3 is 2.79 bits per heavy atom. The van der Waals surface area contributed by atoms with Crippen molar-refractivity contribution in [2.45, 2.75) is 32.2 Å². The predicted molar refractivity (Wildman–Crippen MR) is 50.5 cm³/mol. The van der Waals surface area contributed by atoms with E-state index in [1.165, 1.54) is 0 Å². The molecule has 0 aromatic heterocycles. The standard InChI is InChI=1S/C9H16N2O3/c1-2-14-8(12)6-4-3-5-7(6)11-9(10)13/h6-7H,2-5H2,1H3,(H3,10,11,13). The van der Waals surface area contributed by atoms with Crippen molar-refractivity contribution < 1.29 is 14.3 Å². The van der Waals surface area contributed by atoms with Crippen LogP contribution in [-0.2, 0) is 9.53 Å². The van der Waals surface area contributed by atoms with E-state index in [-0.39, 0.29) is 17.9 Å². The molecule has 2 atom stereocenters.